The molecule has 7 heteroatoms. The Balaban J connectivity index is 1.66. The summed E-state index contributed by atoms with van der Waals surface area (Å²) in [6.45, 7) is 0. The normalized spacial score (nSPS) is 11.0. The summed E-state index contributed by atoms with van der Waals surface area (Å²) in [6, 6.07) is 11.8. The van der Waals surface area contributed by atoms with Crippen molar-refractivity contribution in [3.63, 3.8) is 0 Å². The van der Waals surface area contributed by atoms with Gasteiger partial charge < -0.3 is 4.74 Å². The van der Waals surface area contributed by atoms with Crippen molar-refractivity contribution in [2.45, 2.75) is 6.42 Å². The number of benzene rings is 1. The van der Waals surface area contributed by atoms with Crippen molar-refractivity contribution >= 4 is 16.3 Å². The van der Waals surface area contributed by atoms with Crippen molar-refractivity contribution in [1.29, 1.82) is 0 Å². The number of hydrogen-bond donors (Lipinski definition) is 0. The molecular formula is C16H13N5OS. The number of ether oxygens (including phenoxy) is 1. The van der Waals surface area contributed by atoms with Gasteiger partial charge in [-0.15, -0.1) is 10.2 Å². The number of hydrogen-bond acceptors (Lipinski definition) is 6. The maximum absolute atomic E-state index is 5.18. The van der Waals surface area contributed by atoms with Crippen molar-refractivity contribution in [2.75, 3.05) is 7.11 Å². The van der Waals surface area contributed by atoms with Gasteiger partial charge in [-0.25, -0.2) is 0 Å². The van der Waals surface area contributed by atoms with E-state index in [4.69, 9.17) is 4.74 Å². The Morgan fingerprint density at radius 2 is 2.00 bits per heavy atom. The lowest BCUT2D eigenvalue weighted by atomic mass is 10.1. The monoisotopic (exact) mass is 323 g/mol. The van der Waals surface area contributed by atoms with Crippen molar-refractivity contribution in [3.05, 3.63) is 60.2 Å². The van der Waals surface area contributed by atoms with Gasteiger partial charge in [0.05, 0.1) is 7.11 Å². The molecule has 0 saturated carbocycles. The highest BCUT2D eigenvalue weighted by molar-refractivity contribution is 7.19. The van der Waals surface area contributed by atoms with Gasteiger partial charge in [-0.1, -0.05) is 23.5 Å². The molecule has 0 spiro atoms. The van der Waals surface area contributed by atoms with Gasteiger partial charge >= 0.3 is 0 Å². The number of nitrogens with zero attached hydrogens (tertiary/aromatic N) is 5. The summed E-state index contributed by atoms with van der Waals surface area (Å²) in [6.07, 6.45) is 4.22. The van der Waals surface area contributed by atoms with Crippen LogP contribution in [0, 0.1) is 0 Å². The minimum Gasteiger partial charge on any atom is -0.497 e. The summed E-state index contributed by atoms with van der Waals surface area (Å²) in [5, 5.41) is 14.0. The average molecular weight is 323 g/mol. The predicted molar refractivity (Wildman–Crippen MR) is 87.7 cm³/mol. The Bertz CT molecular complexity index is 930. The second-order valence-electron chi connectivity index (χ2n) is 4.98. The summed E-state index contributed by atoms with van der Waals surface area (Å²) in [5.74, 6) is 1.66. The Morgan fingerprint density at radius 1 is 1.13 bits per heavy atom. The molecule has 3 heterocycles. The van der Waals surface area contributed by atoms with E-state index in [0.717, 1.165) is 32.7 Å². The highest BCUT2D eigenvalue weighted by Gasteiger charge is 2.13. The quantitative estimate of drug-likeness (QED) is 0.578. The Morgan fingerprint density at radius 3 is 2.74 bits per heavy atom. The van der Waals surface area contributed by atoms with Crippen LogP contribution in [0.15, 0.2) is 48.8 Å². The molecule has 4 aromatic rings. The standard InChI is InChI=1S/C16H13N5OS/c1-22-13-6-4-11(5-7-13)9-14-18-19-16-21(14)20-15(23-16)12-3-2-8-17-10-12/h2-8,10H,9H2,1H3. The SMILES string of the molecule is COc1ccc(Cc2nnc3sc(-c4cccnc4)nn23)cc1. The van der Waals surface area contributed by atoms with Crippen LogP contribution in [-0.2, 0) is 6.42 Å². The van der Waals surface area contributed by atoms with Gasteiger partial charge in [0.25, 0.3) is 0 Å². The molecule has 0 aliphatic rings. The van der Waals surface area contributed by atoms with Crippen LogP contribution in [0.3, 0.4) is 0 Å². The highest BCUT2D eigenvalue weighted by atomic mass is 32.1. The number of aromatic nitrogens is 5. The van der Waals surface area contributed by atoms with Gasteiger partial charge in [-0.2, -0.15) is 9.61 Å². The van der Waals surface area contributed by atoms with Crippen LogP contribution in [-0.4, -0.2) is 31.9 Å². The molecule has 0 fully saturated rings. The summed E-state index contributed by atoms with van der Waals surface area (Å²) in [7, 11) is 1.66. The molecular weight excluding hydrogens is 310 g/mol. The van der Waals surface area contributed by atoms with Gasteiger partial charge in [0.1, 0.15) is 10.8 Å². The van der Waals surface area contributed by atoms with E-state index in [2.05, 4.69) is 20.3 Å². The van der Waals surface area contributed by atoms with E-state index in [1.807, 2.05) is 36.4 Å². The molecule has 0 aliphatic carbocycles. The van der Waals surface area contributed by atoms with Crippen molar-refractivity contribution in [2.24, 2.45) is 0 Å². The van der Waals surface area contributed by atoms with Crippen LogP contribution in [0.2, 0.25) is 0 Å². The van der Waals surface area contributed by atoms with Crippen molar-refractivity contribution in [3.8, 4) is 16.3 Å². The topological polar surface area (TPSA) is 65.2 Å². The fraction of sp³-hybridized carbons (Fsp3) is 0.125. The van der Waals surface area contributed by atoms with Gasteiger partial charge in [-0.3, -0.25) is 4.98 Å². The van der Waals surface area contributed by atoms with Crippen molar-refractivity contribution in [1.82, 2.24) is 24.8 Å². The van der Waals surface area contributed by atoms with Crippen LogP contribution >= 0.6 is 11.3 Å². The second-order valence-corrected chi connectivity index (χ2v) is 5.94. The zero-order valence-corrected chi connectivity index (χ0v) is 13.2. The lowest BCUT2D eigenvalue weighted by Crippen LogP contribution is -1.98. The largest absolute Gasteiger partial charge is 0.497 e. The zero-order chi connectivity index (χ0) is 15.6. The molecule has 0 atom stereocenters. The van der Waals surface area contributed by atoms with E-state index in [1.54, 1.807) is 24.0 Å². The molecule has 114 valence electrons. The molecule has 0 aliphatic heterocycles. The molecule has 6 nitrogen and oxygen atoms in total. The molecule has 0 saturated heterocycles. The molecule has 0 bridgehead atoms. The third-order valence-electron chi connectivity index (χ3n) is 3.49. The minimum atomic E-state index is 0.668. The van der Waals surface area contributed by atoms with E-state index < -0.39 is 0 Å². The number of methoxy groups -OCH3 is 1. The maximum Gasteiger partial charge on any atom is 0.234 e. The Kier molecular flexibility index (Phi) is 3.47. The second kappa shape index (κ2) is 5.77. The third kappa shape index (κ3) is 2.66. The third-order valence-corrected chi connectivity index (χ3v) is 4.43. The van der Waals surface area contributed by atoms with Gasteiger partial charge in [0.15, 0.2) is 5.82 Å². The molecule has 3 aromatic heterocycles. The maximum atomic E-state index is 5.18. The van der Waals surface area contributed by atoms with Crippen LogP contribution in [0.1, 0.15) is 11.4 Å². The van der Waals surface area contributed by atoms with Crippen LogP contribution in [0.5, 0.6) is 5.75 Å². The lowest BCUT2D eigenvalue weighted by molar-refractivity contribution is 0.414. The first-order valence-corrected chi connectivity index (χ1v) is 7.89. The molecule has 4 rings (SSSR count). The minimum absolute atomic E-state index is 0.668. The molecule has 0 radical (unpaired) electrons. The van der Waals surface area contributed by atoms with E-state index >= 15 is 0 Å². The van der Waals surface area contributed by atoms with E-state index in [9.17, 15) is 0 Å². The first-order chi connectivity index (χ1) is 11.3. The number of rotatable bonds is 4. The average Bonchev–Trinajstić information content (AvgIpc) is 3.18. The summed E-state index contributed by atoms with van der Waals surface area (Å²) in [5.41, 5.74) is 2.12. The Labute approximate surface area is 136 Å². The highest BCUT2D eigenvalue weighted by Crippen LogP contribution is 2.25. The van der Waals surface area contributed by atoms with Crippen LogP contribution < -0.4 is 4.74 Å². The number of pyridine rings is 1. The summed E-state index contributed by atoms with van der Waals surface area (Å²) in [4.78, 5) is 4.92. The van der Waals surface area contributed by atoms with Gasteiger partial charge in [0.2, 0.25) is 4.96 Å². The molecule has 23 heavy (non-hydrogen) atoms. The van der Waals surface area contributed by atoms with Gasteiger partial charge in [-0.05, 0) is 29.8 Å². The summed E-state index contributed by atoms with van der Waals surface area (Å²) >= 11 is 1.51. The first kappa shape index (κ1) is 13.8. The fourth-order valence-corrected chi connectivity index (χ4v) is 3.15. The summed E-state index contributed by atoms with van der Waals surface area (Å²) < 4.78 is 6.98. The van der Waals surface area contributed by atoms with Crippen LogP contribution in [0.4, 0.5) is 0 Å². The molecule has 0 N–H and O–H groups in total. The zero-order valence-electron chi connectivity index (χ0n) is 12.4. The van der Waals surface area contributed by atoms with E-state index in [-0.39, 0.29) is 0 Å². The van der Waals surface area contributed by atoms with Crippen molar-refractivity contribution < 1.29 is 4.74 Å². The molecule has 1 aromatic carbocycles. The smallest absolute Gasteiger partial charge is 0.234 e. The predicted octanol–water partition coefficient (Wildman–Crippen LogP) is 2.85. The lowest BCUT2D eigenvalue weighted by Gasteiger charge is -2.01. The molecule has 0 amide bonds. The Hall–Kier alpha value is -2.80. The van der Waals surface area contributed by atoms with Gasteiger partial charge in [0, 0.05) is 24.4 Å². The van der Waals surface area contributed by atoms with E-state index in [0.29, 0.717) is 6.42 Å². The first-order valence-electron chi connectivity index (χ1n) is 7.08. The number of fused-ring (bicyclic) bond motifs is 1. The fourth-order valence-electron chi connectivity index (χ4n) is 2.30. The molecule has 0 unspecified atom stereocenters. The van der Waals surface area contributed by atoms with E-state index in [1.165, 1.54) is 11.3 Å². The van der Waals surface area contributed by atoms with Crippen LogP contribution in [0.25, 0.3) is 15.5 Å².